The molecule has 3 aromatic rings. The summed E-state index contributed by atoms with van der Waals surface area (Å²) in [5.74, 6) is -2.94. The summed E-state index contributed by atoms with van der Waals surface area (Å²) < 4.78 is 31.9. The Morgan fingerprint density at radius 3 is 2.03 bits per heavy atom. The molecule has 2 aromatic carbocycles. The van der Waals surface area contributed by atoms with Gasteiger partial charge in [-0.1, -0.05) is 36.4 Å². The van der Waals surface area contributed by atoms with Crippen LogP contribution in [-0.2, 0) is 14.2 Å². The molecule has 1 aromatic heterocycles. The van der Waals surface area contributed by atoms with Crippen molar-refractivity contribution >= 4 is 17.8 Å². The number of halogens is 1. The molecule has 4 atom stereocenters. The largest absolute Gasteiger partial charge is 0.452 e. The van der Waals surface area contributed by atoms with Crippen molar-refractivity contribution < 1.29 is 28.2 Å². The summed E-state index contributed by atoms with van der Waals surface area (Å²) in [5, 5.41) is 0. The molecule has 4 rings (SSSR count). The van der Waals surface area contributed by atoms with Gasteiger partial charge in [-0.05, 0) is 31.2 Å². The molecule has 33 heavy (non-hydrogen) atoms. The van der Waals surface area contributed by atoms with E-state index >= 15 is 0 Å². The van der Waals surface area contributed by atoms with Crippen LogP contribution in [0.3, 0.4) is 0 Å². The lowest BCUT2D eigenvalue weighted by Gasteiger charge is -2.24. The molecule has 10 heteroatoms. The molecule has 0 radical (unpaired) electrons. The van der Waals surface area contributed by atoms with E-state index in [1.165, 1.54) is 12.1 Å². The molecular weight excluding hydrogens is 433 g/mol. The highest BCUT2D eigenvalue weighted by atomic mass is 19.1. The van der Waals surface area contributed by atoms with Crippen LogP contribution in [0, 0.1) is 5.82 Å². The smallest absolute Gasteiger partial charge is 0.351 e. The third kappa shape index (κ3) is 4.60. The first-order valence-corrected chi connectivity index (χ1v) is 10.1. The molecule has 2 heterocycles. The van der Waals surface area contributed by atoms with Crippen molar-refractivity contribution in [1.82, 2.24) is 9.55 Å². The van der Waals surface area contributed by atoms with E-state index in [1.807, 2.05) is 0 Å². The maximum Gasteiger partial charge on any atom is 0.351 e. The Hall–Kier alpha value is -4.05. The van der Waals surface area contributed by atoms with E-state index in [1.54, 1.807) is 55.5 Å². The highest BCUT2D eigenvalue weighted by Gasteiger charge is 2.49. The first-order valence-electron chi connectivity index (χ1n) is 10.1. The Bertz CT molecular complexity index is 1220. The quantitative estimate of drug-likeness (QED) is 0.584. The van der Waals surface area contributed by atoms with Crippen LogP contribution < -0.4 is 11.4 Å². The van der Waals surface area contributed by atoms with Crippen molar-refractivity contribution in [2.45, 2.75) is 31.5 Å². The molecule has 2 N–H and O–H groups in total. The molecule has 0 bridgehead atoms. The van der Waals surface area contributed by atoms with Gasteiger partial charge in [0.1, 0.15) is 0 Å². The third-order valence-electron chi connectivity index (χ3n) is 5.14. The van der Waals surface area contributed by atoms with Crippen molar-refractivity contribution in [3.05, 3.63) is 94.3 Å². The number of ether oxygens (including phenoxy) is 3. The summed E-state index contributed by atoms with van der Waals surface area (Å²) >= 11 is 0. The van der Waals surface area contributed by atoms with Gasteiger partial charge in [0.25, 0.3) is 0 Å². The maximum absolute atomic E-state index is 14.1. The van der Waals surface area contributed by atoms with Gasteiger partial charge in [0.2, 0.25) is 0 Å². The standard InChI is InChI=1S/C23H20FN3O6/c1-13-17(32-21(28)14-8-4-2-5-9-14)18(33-22(29)15-10-6-3-7-11-15)20(31-13)27-12-16(24)19(25)26-23(27)30/h2-13,17-18,20H,1H3,(H2,25,26,30)/t13-,17-,18-,20-/m1/s1. The molecular formula is C23H20FN3O6. The zero-order valence-corrected chi connectivity index (χ0v) is 17.5. The van der Waals surface area contributed by atoms with E-state index in [4.69, 9.17) is 19.9 Å². The van der Waals surface area contributed by atoms with Crippen LogP contribution in [-0.4, -0.2) is 39.8 Å². The molecule has 1 saturated heterocycles. The van der Waals surface area contributed by atoms with Crippen LogP contribution in [0.1, 0.15) is 33.9 Å². The minimum Gasteiger partial charge on any atom is -0.452 e. The first kappa shape index (κ1) is 22.2. The number of aromatic nitrogens is 2. The molecule has 1 aliphatic rings. The Labute approximate surface area is 187 Å². The van der Waals surface area contributed by atoms with Crippen molar-refractivity contribution in [3.8, 4) is 0 Å². The van der Waals surface area contributed by atoms with Crippen molar-refractivity contribution in [3.63, 3.8) is 0 Å². The maximum atomic E-state index is 14.1. The van der Waals surface area contributed by atoms with E-state index < -0.39 is 53.8 Å². The van der Waals surface area contributed by atoms with Gasteiger partial charge in [0, 0.05) is 0 Å². The zero-order chi connectivity index (χ0) is 23.5. The third-order valence-corrected chi connectivity index (χ3v) is 5.14. The fourth-order valence-corrected chi connectivity index (χ4v) is 3.49. The van der Waals surface area contributed by atoms with Gasteiger partial charge in [-0.25, -0.2) is 18.8 Å². The predicted octanol–water partition coefficient (Wildman–Crippen LogP) is 2.33. The van der Waals surface area contributed by atoms with E-state index in [2.05, 4.69) is 4.98 Å². The van der Waals surface area contributed by atoms with E-state index in [9.17, 15) is 18.8 Å². The second-order valence-corrected chi connectivity index (χ2v) is 7.37. The highest BCUT2D eigenvalue weighted by Crippen LogP contribution is 2.34. The number of nitrogens with two attached hydrogens (primary N) is 1. The first-order chi connectivity index (χ1) is 15.8. The number of rotatable bonds is 5. The number of esters is 2. The number of benzene rings is 2. The Kier molecular flexibility index (Phi) is 6.18. The van der Waals surface area contributed by atoms with Crippen LogP contribution in [0.4, 0.5) is 10.2 Å². The monoisotopic (exact) mass is 453 g/mol. The highest BCUT2D eigenvalue weighted by molar-refractivity contribution is 5.90. The molecule has 1 aliphatic heterocycles. The van der Waals surface area contributed by atoms with Crippen LogP contribution in [0.5, 0.6) is 0 Å². The lowest BCUT2D eigenvalue weighted by atomic mass is 10.1. The SMILES string of the molecule is C[C@H]1O[C@@H](n2cc(F)c(N)nc2=O)[C@H](OC(=O)c2ccccc2)[C@@H]1OC(=O)c1ccccc1. The van der Waals surface area contributed by atoms with Crippen LogP contribution >= 0.6 is 0 Å². The van der Waals surface area contributed by atoms with Crippen LogP contribution in [0.2, 0.25) is 0 Å². The topological polar surface area (TPSA) is 123 Å². The molecule has 9 nitrogen and oxygen atoms in total. The molecule has 1 fully saturated rings. The van der Waals surface area contributed by atoms with Crippen LogP contribution in [0.25, 0.3) is 0 Å². The van der Waals surface area contributed by atoms with E-state index in [-0.39, 0.29) is 11.1 Å². The molecule has 0 amide bonds. The number of nitrogen functional groups attached to an aromatic ring is 1. The Morgan fingerprint density at radius 2 is 1.48 bits per heavy atom. The van der Waals surface area contributed by atoms with Crippen LogP contribution in [0.15, 0.2) is 71.7 Å². The minimum absolute atomic E-state index is 0.234. The number of carbonyl (C=O) groups is 2. The lowest BCUT2D eigenvalue weighted by molar-refractivity contribution is -0.0513. The summed E-state index contributed by atoms with van der Waals surface area (Å²) in [6.07, 6.45) is -3.67. The average molecular weight is 453 g/mol. The van der Waals surface area contributed by atoms with E-state index in [0.29, 0.717) is 0 Å². The normalized spacial score (nSPS) is 22.0. The van der Waals surface area contributed by atoms with E-state index in [0.717, 1.165) is 10.8 Å². The fourth-order valence-electron chi connectivity index (χ4n) is 3.49. The predicted molar refractivity (Wildman–Crippen MR) is 114 cm³/mol. The second kappa shape index (κ2) is 9.21. The Morgan fingerprint density at radius 1 is 0.970 bits per heavy atom. The zero-order valence-electron chi connectivity index (χ0n) is 17.5. The summed E-state index contributed by atoms with van der Waals surface area (Å²) in [4.78, 5) is 41.3. The average Bonchev–Trinajstić information content (AvgIpc) is 3.12. The summed E-state index contributed by atoms with van der Waals surface area (Å²) in [6.45, 7) is 1.58. The van der Waals surface area contributed by atoms with Crippen molar-refractivity contribution in [1.29, 1.82) is 0 Å². The van der Waals surface area contributed by atoms with Gasteiger partial charge in [0.05, 0.1) is 23.4 Å². The van der Waals surface area contributed by atoms with Gasteiger partial charge >= 0.3 is 17.6 Å². The number of anilines is 1. The number of hydrogen-bond donors (Lipinski definition) is 1. The Balaban J connectivity index is 1.68. The number of hydrogen-bond acceptors (Lipinski definition) is 8. The van der Waals surface area contributed by atoms with Gasteiger partial charge in [-0.2, -0.15) is 4.98 Å². The molecule has 170 valence electrons. The van der Waals surface area contributed by atoms with Gasteiger partial charge in [-0.3, -0.25) is 4.57 Å². The number of nitrogens with zero attached hydrogens (tertiary/aromatic N) is 2. The fraction of sp³-hybridized carbons (Fsp3) is 0.217. The molecule has 0 unspecified atom stereocenters. The minimum atomic E-state index is -1.31. The molecule has 0 aliphatic carbocycles. The van der Waals surface area contributed by atoms with Gasteiger partial charge < -0.3 is 19.9 Å². The summed E-state index contributed by atoms with van der Waals surface area (Å²) in [5.41, 5.74) is 4.97. The molecule has 0 saturated carbocycles. The summed E-state index contributed by atoms with van der Waals surface area (Å²) in [7, 11) is 0. The summed E-state index contributed by atoms with van der Waals surface area (Å²) in [6, 6.07) is 16.3. The van der Waals surface area contributed by atoms with Gasteiger partial charge in [0.15, 0.2) is 30.1 Å². The van der Waals surface area contributed by atoms with Crippen molar-refractivity contribution in [2.24, 2.45) is 0 Å². The lowest BCUT2D eigenvalue weighted by Crippen LogP contribution is -2.41. The second-order valence-electron chi connectivity index (χ2n) is 7.37. The van der Waals surface area contributed by atoms with Gasteiger partial charge in [-0.15, -0.1) is 0 Å². The number of carbonyl (C=O) groups excluding carboxylic acids is 2. The molecule has 0 spiro atoms. The van der Waals surface area contributed by atoms with Crippen molar-refractivity contribution in [2.75, 3.05) is 5.73 Å².